The van der Waals surface area contributed by atoms with Crippen molar-refractivity contribution in [1.82, 2.24) is 5.32 Å². The van der Waals surface area contributed by atoms with E-state index in [1.54, 1.807) is 17.6 Å². The van der Waals surface area contributed by atoms with Crippen LogP contribution in [-0.2, 0) is 6.54 Å². The molecule has 0 saturated carbocycles. The van der Waals surface area contributed by atoms with Crippen molar-refractivity contribution in [1.29, 1.82) is 0 Å². The van der Waals surface area contributed by atoms with Gasteiger partial charge in [0.05, 0.1) is 11.1 Å². The van der Waals surface area contributed by atoms with Gasteiger partial charge in [-0.15, -0.1) is 11.3 Å². The normalized spacial score (nSPS) is 10.5. The fourth-order valence-electron chi connectivity index (χ4n) is 1.20. The predicted octanol–water partition coefficient (Wildman–Crippen LogP) is 2.73. The summed E-state index contributed by atoms with van der Waals surface area (Å²) in [6.07, 6.45) is 1.70. The van der Waals surface area contributed by atoms with Gasteiger partial charge in [-0.2, -0.15) is 0 Å². The van der Waals surface area contributed by atoms with Crippen LogP contribution in [0.3, 0.4) is 0 Å². The monoisotopic (exact) mass is 193 g/mol. The Kier molecular flexibility index (Phi) is 2.47. The zero-order valence-corrected chi connectivity index (χ0v) is 8.23. The summed E-state index contributed by atoms with van der Waals surface area (Å²) in [4.78, 5) is 2.52. The third kappa shape index (κ3) is 1.82. The molecule has 0 radical (unpaired) electrons. The molecule has 0 aliphatic carbocycles. The van der Waals surface area contributed by atoms with Crippen LogP contribution in [0.4, 0.5) is 0 Å². The lowest BCUT2D eigenvalue weighted by Gasteiger charge is -1.91. The molecule has 13 heavy (non-hydrogen) atoms. The standard InChI is InChI=1S/C10H11NOS/c1-11-7-8-4-5-10(13-8)9-3-2-6-12-9/h2-6,11H,7H2,1H3. The van der Waals surface area contributed by atoms with Crippen LogP contribution >= 0.6 is 11.3 Å². The van der Waals surface area contributed by atoms with E-state index in [0.717, 1.165) is 12.3 Å². The lowest BCUT2D eigenvalue weighted by atomic mass is 10.3. The van der Waals surface area contributed by atoms with Crippen molar-refractivity contribution in [2.45, 2.75) is 6.54 Å². The Bertz CT molecular complexity index is 364. The van der Waals surface area contributed by atoms with Gasteiger partial charge in [-0.05, 0) is 31.3 Å². The second-order valence-corrected chi connectivity index (χ2v) is 3.94. The predicted molar refractivity (Wildman–Crippen MR) is 54.8 cm³/mol. The molecule has 0 unspecified atom stereocenters. The van der Waals surface area contributed by atoms with Gasteiger partial charge in [0.15, 0.2) is 0 Å². The second-order valence-electron chi connectivity index (χ2n) is 2.77. The highest BCUT2D eigenvalue weighted by atomic mass is 32.1. The van der Waals surface area contributed by atoms with Crippen molar-refractivity contribution >= 4 is 11.3 Å². The van der Waals surface area contributed by atoms with Gasteiger partial charge in [-0.25, -0.2) is 0 Å². The van der Waals surface area contributed by atoms with Gasteiger partial charge >= 0.3 is 0 Å². The Morgan fingerprint density at radius 3 is 3.00 bits per heavy atom. The minimum absolute atomic E-state index is 0.922. The van der Waals surface area contributed by atoms with Crippen molar-refractivity contribution in [3.05, 3.63) is 35.4 Å². The van der Waals surface area contributed by atoms with Crippen LogP contribution < -0.4 is 5.32 Å². The van der Waals surface area contributed by atoms with E-state index in [1.165, 1.54) is 9.75 Å². The molecule has 2 aromatic rings. The van der Waals surface area contributed by atoms with Crippen molar-refractivity contribution in [3.8, 4) is 10.6 Å². The summed E-state index contributed by atoms with van der Waals surface area (Å²) >= 11 is 1.76. The first-order chi connectivity index (χ1) is 6.40. The summed E-state index contributed by atoms with van der Waals surface area (Å²) in [6.45, 7) is 0.922. The number of hydrogen-bond acceptors (Lipinski definition) is 3. The van der Waals surface area contributed by atoms with Crippen LogP contribution in [0.5, 0.6) is 0 Å². The average Bonchev–Trinajstić information content (AvgIpc) is 2.70. The topological polar surface area (TPSA) is 25.2 Å². The van der Waals surface area contributed by atoms with Gasteiger partial charge in [0.2, 0.25) is 0 Å². The first kappa shape index (κ1) is 8.53. The molecule has 68 valence electrons. The van der Waals surface area contributed by atoms with E-state index in [0.29, 0.717) is 0 Å². The van der Waals surface area contributed by atoms with Gasteiger partial charge in [0.1, 0.15) is 5.76 Å². The lowest BCUT2D eigenvalue weighted by Crippen LogP contribution is -2.02. The summed E-state index contributed by atoms with van der Waals surface area (Å²) in [5.74, 6) is 0.951. The highest BCUT2D eigenvalue weighted by Crippen LogP contribution is 2.28. The molecule has 0 saturated heterocycles. The minimum Gasteiger partial charge on any atom is -0.464 e. The maximum atomic E-state index is 5.30. The number of hydrogen-bond donors (Lipinski definition) is 1. The SMILES string of the molecule is CNCc1ccc(-c2ccco2)s1. The molecule has 2 nitrogen and oxygen atoms in total. The van der Waals surface area contributed by atoms with Crippen molar-refractivity contribution in [2.75, 3.05) is 7.05 Å². The van der Waals surface area contributed by atoms with E-state index in [-0.39, 0.29) is 0 Å². The van der Waals surface area contributed by atoms with Gasteiger partial charge in [0.25, 0.3) is 0 Å². The van der Waals surface area contributed by atoms with E-state index in [1.807, 2.05) is 19.2 Å². The first-order valence-electron chi connectivity index (χ1n) is 4.17. The molecular formula is C10H11NOS. The van der Waals surface area contributed by atoms with Gasteiger partial charge in [0, 0.05) is 11.4 Å². The smallest absolute Gasteiger partial charge is 0.143 e. The highest BCUT2D eigenvalue weighted by molar-refractivity contribution is 7.15. The Balaban J connectivity index is 2.23. The maximum Gasteiger partial charge on any atom is 0.143 e. The molecule has 0 spiro atoms. The summed E-state index contributed by atoms with van der Waals surface area (Å²) in [5.41, 5.74) is 0. The van der Waals surface area contributed by atoms with Crippen molar-refractivity contribution in [2.24, 2.45) is 0 Å². The fourth-order valence-corrected chi connectivity index (χ4v) is 2.19. The van der Waals surface area contributed by atoms with E-state index in [4.69, 9.17) is 4.42 Å². The highest BCUT2D eigenvalue weighted by Gasteiger charge is 2.03. The largest absolute Gasteiger partial charge is 0.464 e. The molecule has 2 heterocycles. The molecule has 0 fully saturated rings. The van der Waals surface area contributed by atoms with E-state index < -0.39 is 0 Å². The quantitative estimate of drug-likeness (QED) is 0.810. The Labute approximate surface area is 81.2 Å². The zero-order chi connectivity index (χ0) is 9.10. The molecule has 0 amide bonds. The molecule has 1 N–H and O–H groups in total. The Morgan fingerprint density at radius 1 is 1.38 bits per heavy atom. The van der Waals surface area contributed by atoms with E-state index in [9.17, 15) is 0 Å². The summed E-state index contributed by atoms with van der Waals surface area (Å²) in [7, 11) is 1.95. The lowest BCUT2D eigenvalue weighted by molar-refractivity contribution is 0.584. The number of rotatable bonds is 3. The third-order valence-corrected chi connectivity index (χ3v) is 2.88. The molecule has 0 aliphatic heterocycles. The van der Waals surface area contributed by atoms with E-state index >= 15 is 0 Å². The first-order valence-corrected chi connectivity index (χ1v) is 4.99. The minimum atomic E-state index is 0.922. The second kappa shape index (κ2) is 3.77. The van der Waals surface area contributed by atoms with Crippen molar-refractivity contribution in [3.63, 3.8) is 0 Å². The molecular weight excluding hydrogens is 182 g/mol. The summed E-state index contributed by atoms with van der Waals surface area (Å²) < 4.78 is 5.30. The Morgan fingerprint density at radius 2 is 2.31 bits per heavy atom. The van der Waals surface area contributed by atoms with Crippen LogP contribution in [0.25, 0.3) is 10.6 Å². The van der Waals surface area contributed by atoms with Crippen LogP contribution in [0, 0.1) is 0 Å². The molecule has 0 aliphatic rings. The van der Waals surface area contributed by atoms with Crippen LogP contribution in [0.1, 0.15) is 4.88 Å². The number of nitrogens with one attached hydrogen (secondary N) is 1. The summed E-state index contributed by atoms with van der Waals surface area (Å²) in [6, 6.07) is 8.11. The van der Waals surface area contributed by atoms with E-state index in [2.05, 4.69) is 17.4 Å². The molecule has 2 aromatic heterocycles. The third-order valence-electron chi connectivity index (χ3n) is 1.78. The van der Waals surface area contributed by atoms with Crippen LogP contribution in [-0.4, -0.2) is 7.05 Å². The molecule has 0 aromatic carbocycles. The fraction of sp³-hybridized carbons (Fsp3) is 0.200. The molecule has 0 atom stereocenters. The summed E-state index contributed by atoms with van der Waals surface area (Å²) in [5, 5.41) is 3.12. The average molecular weight is 193 g/mol. The van der Waals surface area contributed by atoms with Gasteiger partial charge in [-0.1, -0.05) is 0 Å². The van der Waals surface area contributed by atoms with Crippen molar-refractivity contribution < 1.29 is 4.42 Å². The maximum absolute atomic E-state index is 5.30. The van der Waals surface area contributed by atoms with Crippen LogP contribution in [0.15, 0.2) is 34.9 Å². The van der Waals surface area contributed by atoms with Crippen LogP contribution in [0.2, 0.25) is 0 Å². The molecule has 0 bridgehead atoms. The molecule has 3 heteroatoms. The van der Waals surface area contributed by atoms with Gasteiger partial charge in [-0.3, -0.25) is 0 Å². The molecule has 2 rings (SSSR count). The number of thiophene rings is 1. The van der Waals surface area contributed by atoms with Gasteiger partial charge < -0.3 is 9.73 Å². The zero-order valence-electron chi connectivity index (χ0n) is 7.41. The number of furan rings is 1. The Hall–Kier alpha value is -1.06.